The van der Waals surface area contributed by atoms with Crippen LogP contribution in [0.3, 0.4) is 0 Å². The summed E-state index contributed by atoms with van der Waals surface area (Å²) in [5, 5.41) is 0.595. The second-order valence-corrected chi connectivity index (χ2v) is 10.6. The van der Waals surface area contributed by atoms with Gasteiger partial charge in [0.2, 0.25) is 0 Å². The first-order valence-electron chi connectivity index (χ1n) is 10.2. The summed E-state index contributed by atoms with van der Waals surface area (Å²) >= 11 is 0. The summed E-state index contributed by atoms with van der Waals surface area (Å²) in [5.74, 6) is 1.92. The molecule has 2 amide bonds. The van der Waals surface area contributed by atoms with E-state index in [9.17, 15) is 13.8 Å². The first kappa shape index (κ1) is 21.8. The molecule has 0 bridgehead atoms. The van der Waals surface area contributed by atoms with E-state index in [-0.39, 0.29) is 16.7 Å². The van der Waals surface area contributed by atoms with Gasteiger partial charge in [0.1, 0.15) is 5.58 Å². The number of rotatable bonds is 3. The highest BCUT2D eigenvalue weighted by Gasteiger charge is 2.30. The van der Waals surface area contributed by atoms with Gasteiger partial charge < -0.3 is 9.32 Å². The number of aromatic nitrogens is 1. The van der Waals surface area contributed by atoms with Crippen molar-refractivity contribution in [2.24, 2.45) is 4.36 Å². The summed E-state index contributed by atoms with van der Waals surface area (Å²) in [4.78, 5) is 31.0. The van der Waals surface area contributed by atoms with Crippen molar-refractivity contribution < 1.29 is 18.2 Å². The molecule has 3 heterocycles. The number of carbonyl (C=O) groups excluding carboxylic acids is 2. The van der Waals surface area contributed by atoms with Gasteiger partial charge in [-0.05, 0) is 44.0 Å². The van der Waals surface area contributed by atoms with Crippen LogP contribution in [0, 0.1) is 19.3 Å². The van der Waals surface area contributed by atoms with Crippen LogP contribution < -0.4 is 0 Å². The van der Waals surface area contributed by atoms with Gasteiger partial charge in [-0.15, -0.1) is 6.42 Å². The quantitative estimate of drug-likeness (QED) is 0.569. The van der Waals surface area contributed by atoms with Crippen molar-refractivity contribution in [2.45, 2.75) is 25.0 Å². The van der Waals surface area contributed by atoms with Gasteiger partial charge in [-0.3, -0.25) is 14.6 Å². The van der Waals surface area contributed by atoms with Crippen LogP contribution in [0.25, 0.3) is 11.0 Å². The Morgan fingerprint density at radius 1 is 1.22 bits per heavy atom. The minimum absolute atomic E-state index is 0.190. The van der Waals surface area contributed by atoms with E-state index in [0.29, 0.717) is 42.8 Å². The Morgan fingerprint density at radius 3 is 2.69 bits per heavy atom. The summed E-state index contributed by atoms with van der Waals surface area (Å²) in [6, 6.07) is 9.03. The molecule has 0 N–H and O–H groups in total. The monoisotopic (exact) mass is 449 g/mol. The van der Waals surface area contributed by atoms with E-state index in [1.165, 1.54) is 24.7 Å². The number of furan rings is 1. The van der Waals surface area contributed by atoms with Crippen molar-refractivity contribution in [1.29, 1.82) is 0 Å². The predicted molar refractivity (Wildman–Crippen MR) is 123 cm³/mol. The summed E-state index contributed by atoms with van der Waals surface area (Å²) in [6.45, 7) is 2.82. The van der Waals surface area contributed by atoms with Crippen LogP contribution in [0.15, 0.2) is 51.5 Å². The lowest BCUT2D eigenvalue weighted by atomic mass is 10.1. The normalized spacial score (nSPS) is 16.3. The Balaban J connectivity index is 1.45. The zero-order valence-electron chi connectivity index (χ0n) is 17.9. The smallest absolute Gasteiger partial charge is 0.289 e. The summed E-state index contributed by atoms with van der Waals surface area (Å²) < 4.78 is 22.9. The number of piperidine rings is 1. The van der Waals surface area contributed by atoms with Gasteiger partial charge in [0, 0.05) is 47.9 Å². The molecule has 1 saturated heterocycles. The number of hydrogen-bond acceptors (Lipinski definition) is 5. The minimum Gasteiger partial charge on any atom is -0.451 e. The van der Waals surface area contributed by atoms with Gasteiger partial charge in [-0.25, -0.2) is 4.21 Å². The van der Waals surface area contributed by atoms with Gasteiger partial charge in [0.25, 0.3) is 11.8 Å². The summed E-state index contributed by atoms with van der Waals surface area (Å²) in [5.41, 5.74) is 2.44. The predicted octanol–water partition coefficient (Wildman–Crippen LogP) is 3.66. The molecule has 2 aromatic heterocycles. The Labute approximate surface area is 187 Å². The van der Waals surface area contributed by atoms with Gasteiger partial charge >= 0.3 is 0 Å². The molecule has 1 aromatic carbocycles. The van der Waals surface area contributed by atoms with E-state index in [2.05, 4.69) is 15.3 Å². The fourth-order valence-electron chi connectivity index (χ4n) is 3.85. The van der Waals surface area contributed by atoms with Crippen LogP contribution in [-0.4, -0.2) is 50.5 Å². The van der Waals surface area contributed by atoms with Crippen molar-refractivity contribution in [3.8, 4) is 12.3 Å². The van der Waals surface area contributed by atoms with E-state index in [1.54, 1.807) is 11.0 Å². The Morgan fingerprint density at radius 2 is 1.97 bits per heavy atom. The number of likely N-dealkylation sites (tertiary alicyclic amines) is 1. The number of terminal acetylenes is 1. The van der Waals surface area contributed by atoms with Crippen molar-refractivity contribution >= 4 is 32.5 Å². The first-order chi connectivity index (χ1) is 15.3. The lowest BCUT2D eigenvalue weighted by Gasteiger charge is -2.31. The van der Waals surface area contributed by atoms with E-state index in [1.807, 2.05) is 25.1 Å². The lowest BCUT2D eigenvalue weighted by Crippen LogP contribution is -2.42. The first-order valence-corrected chi connectivity index (χ1v) is 12.2. The van der Waals surface area contributed by atoms with Crippen LogP contribution >= 0.6 is 0 Å². The Bertz CT molecular complexity index is 1370. The maximum absolute atomic E-state index is 13.2. The van der Waals surface area contributed by atoms with Gasteiger partial charge in [0.05, 0.1) is 15.3 Å². The molecular formula is C24H23N3O4S. The molecule has 0 radical (unpaired) electrons. The number of fused-ring (bicyclic) bond motifs is 1. The van der Waals surface area contributed by atoms with E-state index < -0.39 is 15.6 Å². The Hall–Kier alpha value is -3.44. The number of benzene rings is 1. The average Bonchev–Trinajstić information content (AvgIpc) is 3.21. The minimum atomic E-state index is -2.80. The third kappa shape index (κ3) is 4.43. The van der Waals surface area contributed by atoms with Crippen LogP contribution in [0.4, 0.5) is 0 Å². The van der Waals surface area contributed by atoms with Gasteiger partial charge in [-0.2, -0.15) is 4.36 Å². The van der Waals surface area contributed by atoms with Gasteiger partial charge in [-0.1, -0.05) is 17.6 Å². The van der Waals surface area contributed by atoms with Crippen LogP contribution in [-0.2, 0) is 9.73 Å². The highest BCUT2D eigenvalue weighted by atomic mass is 32.2. The maximum atomic E-state index is 13.2. The maximum Gasteiger partial charge on any atom is 0.289 e. The summed E-state index contributed by atoms with van der Waals surface area (Å²) in [6.07, 6.45) is 10.6. The molecule has 1 atom stereocenters. The van der Waals surface area contributed by atoms with Gasteiger partial charge in [0.15, 0.2) is 5.76 Å². The molecule has 1 aliphatic heterocycles. The molecule has 3 aromatic rings. The molecule has 32 heavy (non-hydrogen) atoms. The second kappa shape index (κ2) is 8.60. The van der Waals surface area contributed by atoms with E-state index in [0.717, 1.165) is 10.9 Å². The fraction of sp³-hybridized carbons (Fsp3) is 0.292. The molecule has 1 aliphatic rings. The molecule has 164 valence electrons. The van der Waals surface area contributed by atoms with Crippen LogP contribution in [0.2, 0.25) is 0 Å². The number of aryl methyl sites for hydroxylation is 1. The molecule has 7 nitrogen and oxygen atoms in total. The zero-order chi connectivity index (χ0) is 22.9. The van der Waals surface area contributed by atoms with Crippen molar-refractivity contribution in [2.75, 3.05) is 19.3 Å². The largest absolute Gasteiger partial charge is 0.451 e. The van der Waals surface area contributed by atoms with Crippen LogP contribution in [0.5, 0.6) is 0 Å². The average molecular weight is 450 g/mol. The molecule has 4 rings (SSSR count). The number of amides is 2. The zero-order valence-corrected chi connectivity index (χ0v) is 18.7. The fourth-order valence-corrected chi connectivity index (χ4v) is 5.52. The number of nitrogens with zero attached hydrogens (tertiary/aromatic N) is 3. The van der Waals surface area contributed by atoms with E-state index in [4.69, 9.17) is 10.8 Å². The number of pyridine rings is 1. The third-order valence-electron chi connectivity index (χ3n) is 5.65. The van der Waals surface area contributed by atoms with Crippen molar-refractivity contribution in [3.63, 3.8) is 0 Å². The highest BCUT2D eigenvalue weighted by molar-refractivity contribution is 7.93. The van der Waals surface area contributed by atoms with Crippen molar-refractivity contribution in [1.82, 2.24) is 9.88 Å². The molecule has 1 unspecified atom stereocenters. The Kier molecular flexibility index (Phi) is 5.85. The molecule has 0 aliphatic carbocycles. The summed E-state index contributed by atoms with van der Waals surface area (Å²) in [7, 11) is -2.80. The molecule has 1 fully saturated rings. The highest BCUT2D eigenvalue weighted by Crippen LogP contribution is 2.25. The lowest BCUT2D eigenvalue weighted by molar-refractivity contribution is 0.0696. The standard InChI is InChI=1S/C24H23N3O4S/c1-4-17-12-19(15-25-14-17)23(28)26-32(3,30)20-7-9-27(10-8-20)24(29)22-13-18-11-16(2)5-6-21(18)31-22/h1,5-6,11-15,20H,7-10H2,2-3H3. The third-order valence-corrected chi connectivity index (χ3v) is 7.88. The molecule has 0 saturated carbocycles. The SMILES string of the molecule is C#Cc1cncc(C(=O)N=S(C)(=O)C2CCN(C(=O)c3cc4cc(C)ccc4o3)CC2)c1. The van der Waals surface area contributed by atoms with E-state index >= 15 is 0 Å². The molecule has 0 spiro atoms. The topological polar surface area (TPSA) is 92.8 Å². The second-order valence-electron chi connectivity index (χ2n) is 8.01. The van der Waals surface area contributed by atoms with Crippen molar-refractivity contribution in [3.05, 3.63) is 65.2 Å². The number of hydrogen-bond donors (Lipinski definition) is 0. The van der Waals surface area contributed by atoms with Crippen LogP contribution in [0.1, 0.15) is 44.9 Å². The number of carbonyl (C=O) groups is 2. The molecular weight excluding hydrogens is 426 g/mol. The molecule has 8 heteroatoms.